The third-order valence-electron chi connectivity index (χ3n) is 2.96. The fraction of sp³-hybridized carbons (Fsp3) is 0.286. The van der Waals surface area contributed by atoms with Gasteiger partial charge in [0, 0.05) is 23.3 Å². The summed E-state index contributed by atoms with van der Waals surface area (Å²) in [6, 6.07) is 6.85. The molecule has 0 aliphatic carbocycles. The lowest BCUT2D eigenvalue weighted by Gasteiger charge is -2.04. The molecule has 0 spiro atoms. The van der Waals surface area contributed by atoms with Gasteiger partial charge in [-0.1, -0.05) is 30.1 Å². The SMILES string of the molecule is CCc1cc(CC(=O)c2ccc(Cl)cc2Cl)n(C)n1. The Morgan fingerprint density at radius 2 is 2.05 bits per heavy atom. The predicted octanol–water partition coefficient (Wildman–Crippen LogP) is 3.71. The number of aromatic nitrogens is 2. The van der Waals surface area contributed by atoms with Gasteiger partial charge in [-0.25, -0.2) is 0 Å². The van der Waals surface area contributed by atoms with Crippen molar-refractivity contribution in [2.24, 2.45) is 7.05 Å². The third-order valence-corrected chi connectivity index (χ3v) is 3.51. The highest BCUT2D eigenvalue weighted by Crippen LogP contribution is 2.22. The maximum Gasteiger partial charge on any atom is 0.170 e. The van der Waals surface area contributed by atoms with Gasteiger partial charge in [0.15, 0.2) is 5.78 Å². The van der Waals surface area contributed by atoms with E-state index in [-0.39, 0.29) is 12.2 Å². The van der Waals surface area contributed by atoms with Gasteiger partial charge in [0.1, 0.15) is 0 Å². The Balaban J connectivity index is 2.23. The fourth-order valence-corrected chi connectivity index (χ4v) is 2.40. The molecule has 2 rings (SSSR count). The first-order valence-electron chi connectivity index (χ1n) is 6.01. The first-order valence-corrected chi connectivity index (χ1v) is 6.77. The standard InChI is InChI=1S/C14H14Cl2N2O/c1-3-10-7-11(18(2)17-10)8-14(19)12-5-4-9(15)6-13(12)16/h4-7H,3,8H2,1-2H3. The van der Waals surface area contributed by atoms with E-state index in [1.165, 1.54) is 0 Å². The number of Topliss-reactive ketones (excluding diaryl/α,β-unsaturated/α-hetero) is 1. The lowest BCUT2D eigenvalue weighted by atomic mass is 10.1. The molecule has 1 heterocycles. The van der Waals surface area contributed by atoms with E-state index in [1.54, 1.807) is 22.9 Å². The molecule has 0 fully saturated rings. The van der Waals surface area contributed by atoms with Crippen LogP contribution in [0.2, 0.25) is 10.0 Å². The summed E-state index contributed by atoms with van der Waals surface area (Å²) in [7, 11) is 1.84. The second-order valence-electron chi connectivity index (χ2n) is 4.33. The van der Waals surface area contributed by atoms with E-state index < -0.39 is 0 Å². The Bertz CT molecular complexity index is 620. The van der Waals surface area contributed by atoms with Crippen molar-refractivity contribution < 1.29 is 4.79 Å². The molecule has 5 heteroatoms. The number of benzene rings is 1. The molecule has 2 aromatic rings. The van der Waals surface area contributed by atoms with Crippen molar-refractivity contribution in [3.8, 4) is 0 Å². The van der Waals surface area contributed by atoms with E-state index in [2.05, 4.69) is 5.10 Å². The minimum atomic E-state index is -0.0349. The van der Waals surface area contributed by atoms with Gasteiger partial charge >= 0.3 is 0 Å². The van der Waals surface area contributed by atoms with E-state index in [0.29, 0.717) is 15.6 Å². The first kappa shape index (κ1) is 14.1. The van der Waals surface area contributed by atoms with Crippen LogP contribution >= 0.6 is 23.2 Å². The molecule has 0 unspecified atom stereocenters. The number of hydrogen-bond donors (Lipinski definition) is 0. The zero-order chi connectivity index (χ0) is 14.0. The Kier molecular flexibility index (Phi) is 4.27. The molecule has 0 saturated heterocycles. The summed E-state index contributed by atoms with van der Waals surface area (Å²) in [5, 5.41) is 5.23. The fourth-order valence-electron chi connectivity index (χ4n) is 1.89. The van der Waals surface area contributed by atoms with Gasteiger partial charge in [0.25, 0.3) is 0 Å². The summed E-state index contributed by atoms with van der Waals surface area (Å²) in [5.74, 6) is -0.0349. The van der Waals surface area contributed by atoms with E-state index in [1.807, 2.05) is 20.0 Å². The van der Waals surface area contributed by atoms with Gasteiger partial charge in [0.2, 0.25) is 0 Å². The van der Waals surface area contributed by atoms with Gasteiger partial charge in [-0.15, -0.1) is 0 Å². The van der Waals surface area contributed by atoms with Crippen LogP contribution in [-0.2, 0) is 19.9 Å². The molecule has 0 N–H and O–H groups in total. The number of aryl methyl sites for hydroxylation is 2. The quantitative estimate of drug-likeness (QED) is 0.806. The largest absolute Gasteiger partial charge is 0.294 e. The first-order chi connectivity index (χ1) is 9.01. The topological polar surface area (TPSA) is 34.9 Å². The minimum absolute atomic E-state index is 0.0349. The number of hydrogen-bond acceptors (Lipinski definition) is 2. The molecule has 0 amide bonds. The van der Waals surface area contributed by atoms with Gasteiger partial charge in [-0.2, -0.15) is 5.10 Å². The highest BCUT2D eigenvalue weighted by atomic mass is 35.5. The number of halogens is 2. The zero-order valence-electron chi connectivity index (χ0n) is 10.8. The average molecular weight is 297 g/mol. The molecule has 100 valence electrons. The molecule has 0 bridgehead atoms. The second-order valence-corrected chi connectivity index (χ2v) is 5.17. The predicted molar refractivity (Wildman–Crippen MR) is 77.1 cm³/mol. The van der Waals surface area contributed by atoms with Crippen molar-refractivity contribution >= 4 is 29.0 Å². The van der Waals surface area contributed by atoms with Crippen LogP contribution in [-0.4, -0.2) is 15.6 Å². The van der Waals surface area contributed by atoms with Crippen molar-refractivity contribution in [2.45, 2.75) is 19.8 Å². The molecular formula is C14H14Cl2N2O. The molecule has 3 nitrogen and oxygen atoms in total. The maximum atomic E-state index is 12.2. The summed E-state index contributed by atoms with van der Waals surface area (Å²) in [5.41, 5.74) is 2.35. The van der Waals surface area contributed by atoms with E-state index in [9.17, 15) is 4.79 Å². The van der Waals surface area contributed by atoms with Gasteiger partial charge in [0.05, 0.1) is 17.1 Å². The van der Waals surface area contributed by atoms with Crippen molar-refractivity contribution in [2.75, 3.05) is 0 Å². The Labute approximate surface area is 122 Å². The molecular weight excluding hydrogens is 283 g/mol. The van der Waals surface area contributed by atoms with Crippen LogP contribution < -0.4 is 0 Å². The monoisotopic (exact) mass is 296 g/mol. The van der Waals surface area contributed by atoms with E-state index in [4.69, 9.17) is 23.2 Å². The highest BCUT2D eigenvalue weighted by molar-refractivity contribution is 6.36. The third kappa shape index (κ3) is 3.17. The summed E-state index contributed by atoms with van der Waals surface area (Å²) in [4.78, 5) is 12.2. The molecule has 1 aromatic carbocycles. The van der Waals surface area contributed by atoms with Gasteiger partial charge in [-0.3, -0.25) is 9.48 Å². The Hall–Kier alpha value is -1.32. The number of rotatable bonds is 4. The summed E-state index contributed by atoms with van der Waals surface area (Å²) >= 11 is 11.9. The second kappa shape index (κ2) is 5.76. The van der Waals surface area contributed by atoms with Crippen LogP contribution in [0.25, 0.3) is 0 Å². The van der Waals surface area contributed by atoms with Crippen LogP contribution in [0.4, 0.5) is 0 Å². The van der Waals surface area contributed by atoms with E-state index in [0.717, 1.165) is 17.8 Å². The van der Waals surface area contributed by atoms with Crippen molar-refractivity contribution in [1.29, 1.82) is 0 Å². The lowest BCUT2D eigenvalue weighted by molar-refractivity contribution is 0.0991. The number of nitrogens with zero attached hydrogens (tertiary/aromatic N) is 2. The number of carbonyl (C=O) groups is 1. The molecule has 0 aliphatic rings. The van der Waals surface area contributed by atoms with E-state index >= 15 is 0 Å². The molecule has 0 radical (unpaired) electrons. The summed E-state index contributed by atoms with van der Waals surface area (Å²) in [6.45, 7) is 2.03. The van der Waals surface area contributed by atoms with Crippen LogP contribution in [0.5, 0.6) is 0 Å². The Morgan fingerprint density at radius 1 is 1.32 bits per heavy atom. The minimum Gasteiger partial charge on any atom is -0.294 e. The summed E-state index contributed by atoms with van der Waals surface area (Å²) < 4.78 is 1.74. The van der Waals surface area contributed by atoms with Crippen molar-refractivity contribution in [3.05, 3.63) is 51.3 Å². The maximum absolute atomic E-state index is 12.2. The molecule has 1 aromatic heterocycles. The molecule has 0 aliphatic heterocycles. The number of carbonyl (C=O) groups excluding carboxylic acids is 1. The lowest BCUT2D eigenvalue weighted by Crippen LogP contribution is -2.08. The van der Waals surface area contributed by atoms with Crippen LogP contribution in [0.3, 0.4) is 0 Å². The molecule has 0 saturated carbocycles. The average Bonchev–Trinajstić information content (AvgIpc) is 2.70. The van der Waals surface area contributed by atoms with Crippen LogP contribution in [0.1, 0.15) is 28.7 Å². The smallest absolute Gasteiger partial charge is 0.170 e. The van der Waals surface area contributed by atoms with Crippen LogP contribution in [0, 0.1) is 0 Å². The number of ketones is 1. The normalized spacial score (nSPS) is 10.7. The van der Waals surface area contributed by atoms with Crippen molar-refractivity contribution in [1.82, 2.24) is 9.78 Å². The molecule has 0 atom stereocenters. The van der Waals surface area contributed by atoms with Gasteiger partial charge in [-0.05, 0) is 30.7 Å². The molecule has 19 heavy (non-hydrogen) atoms. The summed E-state index contributed by atoms with van der Waals surface area (Å²) in [6.07, 6.45) is 1.13. The van der Waals surface area contributed by atoms with Crippen molar-refractivity contribution in [3.63, 3.8) is 0 Å². The zero-order valence-corrected chi connectivity index (χ0v) is 12.3. The van der Waals surface area contributed by atoms with Gasteiger partial charge < -0.3 is 0 Å². The Morgan fingerprint density at radius 3 is 2.63 bits per heavy atom. The highest BCUT2D eigenvalue weighted by Gasteiger charge is 2.14. The van der Waals surface area contributed by atoms with Crippen LogP contribution in [0.15, 0.2) is 24.3 Å².